The van der Waals surface area contributed by atoms with Gasteiger partial charge in [0.15, 0.2) is 17.3 Å². The summed E-state index contributed by atoms with van der Waals surface area (Å²) in [7, 11) is -4.93. The van der Waals surface area contributed by atoms with Crippen LogP contribution in [-0.2, 0) is 16.9 Å². The number of aromatic nitrogens is 4. The molecule has 32 heavy (non-hydrogen) atoms. The van der Waals surface area contributed by atoms with Gasteiger partial charge in [0.1, 0.15) is 23.8 Å². The van der Waals surface area contributed by atoms with Gasteiger partial charge in [-0.05, 0) is 31.0 Å². The number of aryl methyl sites for hydroxylation is 1. The van der Waals surface area contributed by atoms with E-state index in [9.17, 15) is 33.3 Å². The standard InChI is InChI=1S/C17H18N4O10S/c1-6-3-8-11-14(7(6)2)30-32(28,29)31-21-16(26)12(18-11)15(19-17(21)27)20(8)4-9(23)13(25)10(24)5-22/h3,9-10,13,22-25H,4-5H2,1-2H3. The summed E-state index contributed by atoms with van der Waals surface area (Å²) in [5.41, 5.74) is -2.22. The van der Waals surface area contributed by atoms with E-state index in [-0.39, 0.29) is 27.3 Å². The van der Waals surface area contributed by atoms with Gasteiger partial charge < -0.3 is 29.2 Å². The Balaban J connectivity index is 2.13. The van der Waals surface area contributed by atoms with E-state index in [4.69, 9.17) is 9.29 Å². The van der Waals surface area contributed by atoms with Gasteiger partial charge in [0.2, 0.25) is 0 Å². The van der Waals surface area contributed by atoms with Gasteiger partial charge in [-0.3, -0.25) is 4.79 Å². The van der Waals surface area contributed by atoms with Gasteiger partial charge in [-0.15, -0.1) is 8.42 Å². The largest absolute Gasteiger partial charge is 0.520 e. The summed E-state index contributed by atoms with van der Waals surface area (Å²) < 4.78 is 35.3. The lowest BCUT2D eigenvalue weighted by atomic mass is 10.1. The first-order valence-corrected chi connectivity index (χ1v) is 10.6. The van der Waals surface area contributed by atoms with Crippen molar-refractivity contribution in [2.24, 2.45) is 0 Å². The molecule has 0 saturated heterocycles. The maximum Gasteiger partial charge on any atom is 0.520 e. The van der Waals surface area contributed by atoms with E-state index in [1.165, 1.54) is 10.6 Å². The predicted octanol–water partition coefficient (Wildman–Crippen LogP) is -3.18. The SMILES string of the molecule is Cc1cc2c3nc4c(=O)n(c(=O)nc-4n2CC(O)C(O)C(O)CO)OS(=O)(=O)Oc3c1C. The molecule has 0 fully saturated rings. The van der Waals surface area contributed by atoms with Crippen molar-refractivity contribution in [3.05, 3.63) is 38.0 Å². The summed E-state index contributed by atoms with van der Waals surface area (Å²) in [5.74, 6) is -0.596. The third-order valence-electron chi connectivity index (χ3n) is 5.18. The van der Waals surface area contributed by atoms with Crippen molar-refractivity contribution in [2.45, 2.75) is 38.7 Å². The maximum absolute atomic E-state index is 12.8. The maximum atomic E-state index is 12.8. The van der Waals surface area contributed by atoms with Crippen LogP contribution in [0, 0.1) is 13.8 Å². The molecule has 0 aromatic heterocycles. The Hall–Kier alpha value is -3.11. The van der Waals surface area contributed by atoms with E-state index in [1.807, 2.05) is 0 Å². The van der Waals surface area contributed by atoms with Crippen LogP contribution in [0.5, 0.6) is 5.75 Å². The molecule has 3 atom stereocenters. The van der Waals surface area contributed by atoms with E-state index < -0.39 is 58.8 Å². The summed E-state index contributed by atoms with van der Waals surface area (Å²) in [6.45, 7) is 1.83. The fraction of sp³-hybridized carbons (Fsp3) is 0.412. The molecular weight excluding hydrogens is 452 g/mol. The first kappa shape index (κ1) is 22.1. The molecule has 0 radical (unpaired) electrons. The highest BCUT2D eigenvalue weighted by molar-refractivity contribution is 7.82. The van der Waals surface area contributed by atoms with E-state index in [1.54, 1.807) is 13.8 Å². The lowest BCUT2D eigenvalue weighted by Crippen LogP contribution is -2.45. The highest BCUT2D eigenvalue weighted by atomic mass is 32.3. The lowest BCUT2D eigenvalue weighted by Gasteiger charge is -2.25. The summed E-state index contributed by atoms with van der Waals surface area (Å²) in [6.07, 6.45) is -5.15. The molecule has 0 spiro atoms. The average molecular weight is 470 g/mol. The monoisotopic (exact) mass is 470 g/mol. The molecule has 0 saturated carbocycles. The van der Waals surface area contributed by atoms with Crippen LogP contribution in [0.15, 0.2) is 15.7 Å². The molecule has 4 rings (SSSR count). The zero-order valence-corrected chi connectivity index (χ0v) is 17.5. The van der Waals surface area contributed by atoms with Gasteiger partial charge in [0.05, 0.1) is 18.7 Å². The van der Waals surface area contributed by atoms with Crippen LogP contribution in [0.2, 0.25) is 0 Å². The Labute approximate surface area is 179 Å². The number of benzene rings is 1. The molecule has 0 amide bonds. The molecule has 0 aliphatic carbocycles. The van der Waals surface area contributed by atoms with Crippen molar-refractivity contribution >= 4 is 21.4 Å². The lowest BCUT2D eigenvalue weighted by molar-refractivity contribution is -0.0802. The minimum Gasteiger partial charge on any atom is -0.394 e. The minimum atomic E-state index is -4.93. The molecule has 14 nitrogen and oxygen atoms in total. The molecule has 3 heterocycles. The quantitative estimate of drug-likeness (QED) is 0.273. The fourth-order valence-electron chi connectivity index (χ4n) is 3.37. The summed E-state index contributed by atoms with van der Waals surface area (Å²) in [4.78, 5) is 33.0. The Morgan fingerprint density at radius 1 is 1.12 bits per heavy atom. The van der Waals surface area contributed by atoms with E-state index >= 15 is 0 Å². The summed E-state index contributed by atoms with van der Waals surface area (Å²) in [5, 5.41) is 39.2. The smallest absolute Gasteiger partial charge is 0.394 e. The second-order valence-electron chi connectivity index (χ2n) is 7.28. The number of aliphatic hydroxyl groups is 4. The van der Waals surface area contributed by atoms with Gasteiger partial charge in [-0.25, -0.2) is 14.1 Å². The second kappa shape index (κ2) is 7.49. The minimum absolute atomic E-state index is 0.108. The Morgan fingerprint density at radius 3 is 2.47 bits per heavy atom. The molecule has 3 bridgehead atoms. The molecule has 1 aromatic carbocycles. The van der Waals surface area contributed by atoms with Crippen LogP contribution >= 0.6 is 0 Å². The first-order valence-electron chi connectivity index (χ1n) is 9.22. The highest BCUT2D eigenvalue weighted by Gasteiger charge is 2.33. The third kappa shape index (κ3) is 3.39. The normalized spacial score (nSPS) is 17.6. The predicted molar refractivity (Wildman–Crippen MR) is 105 cm³/mol. The van der Waals surface area contributed by atoms with Crippen molar-refractivity contribution in [1.82, 2.24) is 19.3 Å². The molecule has 3 aliphatic rings. The van der Waals surface area contributed by atoms with Crippen molar-refractivity contribution in [1.29, 1.82) is 0 Å². The van der Waals surface area contributed by atoms with E-state index in [0.29, 0.717) is 11.1 Å². The number of aliphatic hydroxyl groups excluding tert-OH is 4. The van der Waals surface area contributed by atoms with Gasteiger partial charge >= 0.3 is 21.6 Å². The van der Waals surface area contributed by atoms with Gasteiger partial charge in [0, 0.05) is 0 Å². The van der Waals surface area contributed by atoms with Gasteiger partial charge in [-0.1, -0.05) is 4.73 Å². The zero-order valence-electron chi connectivity index (χ0n) is 16.7. The molecule has 172 valence electrons. The number of hydrogen-bond acceptors (Lipinski definition) is 12. The number of rotatable bonds is 5. The van der Waals surface area contributed by atoms with Crippen molar-refractivity contribution < 1.29 is 37.3 Å². The Bertz CT molecular complexity index is 1430. The molecule has 3 unspecified atom stereocenters. The zero-order chi connectivity index (χ0) is 23.5. The van der Waals surface area contributed by atoms with Crippen LogP contribution in [0.1, 0.15) is 11.1 Å². The van der Waals surface area contributed by atoms with E-state index in [2.05, 4.69) is 14.3 Å². The Kier molecular flexibility index (Phi) is 5.17. The van der Waals surface area contributed by atoms with Crippen LogP contribution in [0.25, 0.3) is 22.6 Å². The second-order valence-corrected chi connectivity index (χ2v) is 8.41. The third-order valence-corrected chi connectivity index (χ3v) is 5.89. The van der Waals surface area contributed by atoms with Crippen LogP contribution in [0.3, 0.4) is 0 Å². The van der Waals surface area contributed by atoms with E-state index in [0.717, 1.165) is 0 Å². The molecule has 3 aliphatic heterocycles. The molecule has 4 N–H and O–H groups in total. The van der Waals surface area contributed by atoms with Crippen LogP contribution in [0.4, 0.5) is 0 Å². The molecule has 1 aromatic rings. The van der Waals surface area contributed by atoms with Gasteiger partial charge in [-0.2, -0.15) is 4.98 Å². The topological polar surface area (TPSA) is 203 Å². The summed E-state index contributed by atoms with van der Waals surface area (Å²) >= 11 is 0. The number of fused-ring (bicyclic) bond motifs is 1. The van der Waals surface area contributed by atoms with Gasteiger partial charge in [0.25, 0.3) is 0 Å². The molecule has 15 heteroatoms. The Morgan fingerprint density at radius 2 is 1.81 bits per heavy atom. The average Bonchev–Trinajstić information content (AvgIpc) is 2.75. The van der Waals surface area contributed by atoms with Crippen molar-refractivity contribution in [3.63, 3.8) is 0 Å². The van der Waals surface area contributed by atoms with Crippen molar-refractivity contribution in [3.8, 4) is 17.3 Å². The highest BCUT2D eigenvalue weighted by Crippen LogP contribution is 2.35. The van der Waals surface area contributed by atoms with Crippen LogP contribution < -0.4 is 19.7 Å². The fourth-order valence-corrected chi connectivity index (χ4v) is 4.12. The first-order chi connectivity index (χ1) is 14.9. The number of nitrogens with zero attached hydrogens (tertiary/aromatic N) is 4. The van der Waals surface area contributed by atoms with Crippen molar-refractivity contribution in [2.75, 3.05) is 6.61 Å². The van der Waals surface area contributed by atoms with Crippen LogP contribution in [-0.4, -0.2) is 73.0 Å². The summed E-state index contributed by atoms with van der Waals surface area (Å²) in [6, 6.07) is 1.54. The number of hydrogen-bond donors (Lipinski definition) is 4. The molecular formula is C17H18N4O10S.